The van der Waals surface area contributed by atoms with Crippen molar-refractivity contribution >= 4 is 5.97 Å². The fraction of sp³-hybridized carbons (Fsp3) is 0.316. The van der Waals surface area contributed by atoms with E-state index in [1.54, 1.807) is 12.1 Å². The molecule has 0 bridgehead atoms. The van der Waals surface area contributed by atoms with Gasteiger partial charge in [0.25, 0.3) is 0 Å². The lowest BCUT2D eigenvalue weighted by atomic mass is 10.1. The highest BCUT2D eigenvalue weighted by Gasteiger charge is 2.21. The SMILES string of the molecule is O=C(O)c1ccc(CN2CCC(Oc3ccc(F)cc3F)CC2)cc1. The van der Waals surface area contributed by atoms with Gasteiger partial charge in [0.05, 0.1) is 5.56 Å². The molecule has 3 rings (SSSR count). The lowest BCUT2D eigenvalue weighted by molar-refractivity contribution is 0.0696. The standard InChI is InChI=1S/C19H19F2NO3/c20-15-5-6-18(17(21)11-15)25-16-7-9-22(10-8-16)12-13-1-3-14(4-2-13)19(23)24/h1-6,11,16H,7-10,12H2,(H,23,24). The minimum Gasteiger partial charge on any atom is -0.487 e. The first-order valence-corrected chi connectivity index (χ1v) is 8.17. The van der Waals surface area contributed by atoms with Gasteiger partial charge in [-0.25, -0.2) is 13.6 Å². The Labute approximate surface area is 144 Å². The molecule has 4 nitrogen and oxygen atoms in total. The molecule has 1 N–H and O–H groups in total. The van der Waals surface area contributed by atoms with Gasteiger partial charge in [-0.2, -0.15) is 0 Å². The molecule has 0 aliphatic carbocycles. The summed E-state index contributed by atoms with van der Waals surface area (Å²) in [6, 6.07) is 10.2. The van der Waals surface area contributed by atoms with E-state index in [1.807, 2.05) is 12.1 Å². The minimum absolute atomic E-state index is 0.0871. The Morgan fingerprint density at radius 2 is 1.80 bits per heavy atom. The van der Waals surface area contributed by atoms with E-state index >= 15 is 0 Å². The predicted molar refractivity (Wildman–Crippen MR) is 88.7 cm³/mol. The minimum atomic E-state index is -0.933. The summed E-state index contributed by atoms with van der Waals surface area (Å²) >= 11 is 0. The van der Waals surface area contributed by atoms with Crippen LogP contribution in [0.4, 0.5) is 8.78 Å². The van der Waals surface area contributed by atoms with Gasteiger partial charge in [0.2, 0.25) is 0 Å². The average Bonchev–Trinajstić information content (AvgIpc) is 2.59. The number of hydrogen-bond acceptors (Lipinski definition) is 3. The molecule has 1 fully saturated rings. The van der Waals surface area contributed by atoms with E-state index < -0.39 is 17.6 Å². The summed E-state index contributed by atoms with van der Waals surface area (Å²) in [5.74, 6) is -2.14. The molecular formula is C19H19F2NO3. The van der Waals surface area contributed by atoms with Crippen LogP contribution in [0.25, 0.3) is 0 Å². The number of hydrogen-bond donors (Lipinski definition) is 1. The molecule has 25 heavy (non-hydrogen) atoms. The molecule has 0 unspecified atom stereocenters. The third-order valence-corrected chi connectivity index (χ3v) is 4.33. The van der Waals surface area contributed by atoms with Crippen LogP contribution in [0, 0.1) is 11.6 Å². The van der Waals surface area contributed by atoms with Crippen LogP contribution < -0.4 is 4.74 Å². The summed E-state index contributed by atoms with van der Waals surface area (Å²) in [7, 11) is 0. The molecule has 1 aliphatic rings. The summed E-state index contributed by atoms with van der Waals surface area (Å²) in [5.41, 5.74) is 1.33. The Balaban J connectivity index is 1.50. The molecule has 2 aromatic carbocycles. The van der Waals surface area contributed by atoms with E-state index in [4.69, 9.17) is 9.84 Å². The van der Waals surface area contributed by atoms with Crippen molar-refractivity contribution in [3.8, 4) is 5.75 Å². The van der Waals surface area contributed by atoms with Crippen LogP contribution in [0.3, 0.4) is 0 Å². The lowest BCUT2D eigenvalue weighted by Gasteiger charge is -2.32. The van der Waals surface area contributed by atoms with Crippen LogP contribution in [0.15, 0.2) is 42.5 Å². The number of carbonyl (C=O) groups is 1. The van der Waals surface area contributed by atoms with Crippen molar-refractivity contribution in [2.24, 2.45) is 0 Å². The van der Waals surface area contributed by atoms with Gasteiger partial charge >= 0.3 is 5.97 Å². The molecule has 2 aromatic rings. The Hall–Kier alpha value is -2.47. The maximum absolute atomic E-state index is 13.6. The molecule has 132 valence electrons. The third-order valence-electron chi connectivity index (χ3n) is 4.33. The van der Waals surface area contributed by atoms with Gasteiger partial charge in [0, 0.05) is 25.7 Å². The number of nitrogens with zero attached hydrogens (tertiary/aromatic N) is 1. The molecule has 0 amide bonds. The fourth-order valence-corrected chi connectivity index (χ4v) is 2.95. The number of ether oxygens (including phenoxy) is 1. The maximum Gasteiger partial charge on any atom is 0.335 e. The van der Waals surface area contributed by atoms with Crippen LogP contribution in [-0.2, 0) is 6.54 Å². The van der Waals surface area contributed by atoms with Crippen LogP contribution in [-0.4, -0.2) is 35.2 Å². The topological polar surface area (TPSA) is 49.8 Å². The summed E-state index contributed by atoms with van der Waals surface area (Å²) < 4.78 is 32.2. The number of aromatic carboxylic acids is 1. The molecule has 6 heteroatoms. The largest absolute Gasteiger partial charge is 0.487 e. The summed E-state index contributed by atoms with van der Waals surface area (Å²) in [5, 5.41) is 8.91. The molecule has 1 saturated heterocycles. The van der Waals surface area contributed by atoms with Gasteiger partial charge in [-0.15, -0.1) is 0 Å². The Morgan fingerprint density at radius 3 is 2.40 bits per heavy atom. The predicted octanol–water partition coefficient (Wildman–Crippen LogP) is 3.71. The van der Waals surface area contributed by atoms with Gasteiger partial charge in [-0.1, -0.05) is 12.1 Å². The summed E-state index contributed by atoms with van der Waals surface area (Å²) in [6.07, 6.45) is 1.42. The van der Waals surface area contributed by atoms with E-state index in [2.05, 4.69) is 4.90 Å². The Kier molecular flexibility index (Phi) is 5.28. The van der Waals surface area contributed by atoms with Crippen molar-refractivity contribution < 1.29 is 23.4 Å². The second kappa shape index (κ2) is 7.61. The normalized spacial score (nSPS) is 15.9. The van der Waals surface area contributed by atoms with Gasteiger partial charge in [0.1, 0.15) is 11.9 Å². The van der Waals surface area contributed by atoms with Crippen LogP contribution >= 0.6 is 0 Å². The van der Waals surface area contributed by atoms with E-state index in [0.29, 0.717) is 0 Å². The molecule has 0 atom stereocenters. The van der Waals surface area contributed by atoms with E-state index in [9.17, 15) is 13.6 Å². The molecule has 1 heterocycles. The Morgan fingerprint density at radius 1 is 1.12 bits per heavy atom. The van der Waals surface area contributed by atoms with Crippen molar-refractivity contribution in [2.75, 3.05) is 13.1 Å². The van der Waals surface area contributed by atoms with Gasteiger partial charge < -0.3 is 9.84 Å². The van der Waals surface area contributed by atoms with Crippen LogP contribution in [0.5, 0.6) is 5.75 Å². The average molecular weight is 347 g/mol. The quantitative estimate of drug-likeness (QED) is 0.896. The highest BCUT2D eigenvalue weighted by atomic mass is 19.1. The second-order valence-corrected chi connectivity index (χ2v) is 6.17. The fourth-order valence-electron chi connectivity index (χ4n) is 2.95. The number of carboxylic acid groups (broad SMARTS) is 1. The maximum atomic E-state index is 13.6. The number of likely N-dealkylation sites (tertiary alicyclic amines) is 1. The lowest BCUT2D eigenvalue weighted by Crippen LogP contribution is -2.37. The number of piperidine rings is 1. The molecular weight excluding hydrogens is 328 g/mol. The summed E-state index contributed by atoms with van der Waals surface area (Å²) in [6.45, 7) is 2.33. The van der Waals surface area contributed by atoms with Crippen molar-refractivity contribution in [3.63, 3.8) is 0 Å². The highest BCUT2D eigenvalue weighted by Crippen LogP contribution is 2.23. The first kappa shape index (κ1) is 17.4. The van der Waals surface area contributed by atoms with Gasteiger partial charge in [0.15, 0.2) is 11.6 Å². The van der Waals surface area contributed by atoms with Gasteiger partial charge in [-0.05, 0) is 42.7 Å². The van der Waals surface area contributed by atoms with Crippen LogP contribution in [0.2, 0.25) is 0 Å². The van der Waals surface area contributed by atoms with Crippen molar-refractivity contribution in [1.82, 2.24) is 4.90 Å². The molecule has 1 aliphatic heterocycles. The van der Waals surface area contributed by atoms with Crippen molar-refractivity contribution in [2.45, 2.75) is 25.5 Å². The highest BCUT2D eigenvalue weighted by molar-refractivity contribution is 5.87. The smallest absolute Gasteiger partial charge is 0.335 e. The second-order valence-electron chi connectivity index (χ2n) is 6.17. The number of benzene rings is 2. The van der Waals surface area contributed by atoms with E-state index in [0.717, 1.165) is 44.1 Å². The zero-order valence-corrected chi connectivity index (χ0v) is 13.6. The van der Waals surface area contributed by atoms with E-state index in [1.165, 1.54) is 12.1 Å². The Bertz CT molecular complexity index is 741. The molecule has 0 spiro atoms. The number of carboxylic acids is 1. The first-order valence-electron chi connectivity index (χ1n) is 8.17. The number of rotatable bonds is 5. The molecule has 0 radical (unpaired) electrons. The third kappa shape index (κ3) is 4.54. The monoisotopic (exact) mass is 347 g/mol. The van der Waals surface area contributed by atoms with E-state index in [-0.39, 0.29) is 17.4 Å². The van der Waals surface area contributed by atoms with Crippen LogP contribution in [0.1, 0.15) is 28.8 Å². The first-order chi connectivity index (χ1) is 12.0. The van der Waals surface area contributed by atoms with Gasteiger partial charge in [-0.3, -0.25) is 4.90 Å². The molecule has 0 saturated carbocycles. The summed E-state index contributed by atoms with van der Waals surface area (Å²) in [4.78, 5) is 13.1. The molecule has 0 aromatic heterocycles. The number of halogens is 2. The zero-order chi connectivity index (χ0) is 17.8. The van der Waals surface area contributed by atoms with Crippen molar-refractivity contribution in [1.29, 1.82) is 0 Å². The van der Waals surface area contributed by atoms with Crippen molar-refractivity contribution in [3.05, 3.63) is 65.2 Å². The zero-order valence-electron chi connectivity index (χ0n) is 13.6.